The van der Waals surface area contributed by atoms with Crippen molar-refractivity contribution in [3.63, 3.8) is 0 Å². The predicted molar refractivity (Wildman–Crippen MR) is 27.0 cm³/mol. The highest BCUT2D eigenvalue weighted by atomic mass is 16.8. The van der Waals surface area contributed by atoms with Crippen molar-refractivity contribution in [1.29, 1.82) is 0 Å². The third kappa shape index (κ3) is 0.383. The number of allylic oxidation sites excluding steroid dienone is 2. The lowest BCUT2D eigenvalue weighted by Crippen LogP contribution is -1.95. The van der Waals surface area contributed by atoms with Crippen molar-refractivity contribution in [3.05, 3.63) is 24.3 Å². The predicted octanol–water partition coefficient (Wildman–Crippen LogP) is 0.344. The number of nitrogens with zero attached hydrogens (tertiary/aromatic N) is 1. The van der Waals surface area contributed by atoms with E-state index >= 15 is 0 Å². The first-order valence-corrected chi connectivity index (χ1v) is 2.27. The number of hydroxylamine groups is 1. The van der Waals surface area contributed by atoms with E-state index in [2.05, 4.69) is 0 Å². The fourth-order valence-corrected chi connectivity index (χ4v) is 0.631. The van der Waals surface area contributed by atoms with Gasteiger partial charge < -0.3 is 4.76 Å². The molecule has 0 aromatic carbocycles. The summed E-state index contributed by atoms with van der Waals surface area (Å²) >= 11 is 0. The maximum Gasteiger partial charge on any atom is 0.490 e. The minimum atomic E-state index is 0.269. The highest BCUT2D eigenvalue weighted by Crippen LogP contribution is 2.19. The van der Waals surface area contributed by atoms with Gasteiger partial charge >= 0.3 is 7.05 Å². The van der Waals surface area contributed by atoms with Gasteiger partial charge in [0.1, 0.15) is 0 Å². The van der Waals surface area contributed by atoms with Crippen molar-refractivity contribution < 1.29 is 4.76 Å². The van der Waals surface area contributed by atoms with Crippen LogP contribution in [0.25, 0.3) is 0 Å². The topological polar surface area (TPSA) is 15.5 Å². The molecule has 0 unspecified atom stereocenters. The van der Waals surface area contributed by atoms with Crippen LogP contribution in [0.1, 0.15) is 0 Å². The fraction of sp³-hybridized carbons (Fsp3) is 0. The van der Waals surface area contributed by atoms with Gasteiger partial charge in [0.05, 0.1) is 0 Å². The summed E-state index contributed by atoms with van der Waals surface area (Å²) in [5.41, 5.74) is 0. The molecule has 3 heteroatoms. The van der Waals surface area contributed by atoms with E-state index in [9.17, 15) is 0 Å². The van der Waals surface area contributed by atoms with Crippen molar-refractivity contribution in [2.75, 3.05) is 0 Å². The number of hydrogen-bond acceptors (Lipinski definition) is 2. The van der Waals surface area contributed by atoms with Crippen LogP contribution < -0.4 is 0 Å². The average Bonchev–Trinajstić information content (AvgIpc) is 2.41. The van der Waals surface area contributed by atoms with Crippen LogP contribution in [-0.4, -0.2) is 12.0 Å². The molecule has 0 N–H and O–H groups in total. The molecule has 0 radical (unpaired) electrons. The Morgan fingerprint density at radius 3 is 3.00 bits per heavy atom. The van der Waals surface area contributed by atoms with E-state index in [1.807, 2.05) is 24.3 Å². The van der Waals surface area contributed by atoms with Gasteiger partial charge in [0.2, 0.25) is 0 Å². The minimum Gasteiger partial charge on any atom is -0.309 e. The van der Waals surface area contributed by atoms with Gasteiger partial charge in [-0.1, -0.05) is 12.1 Å². The van der Waals surface area contributed by atoms with Gasteiger partial charge in [-0.05, 0) is 6.08 Å². The van der Waals surface area contributed by atoms with Gasteiger partial charge in [0.15, 0.2) is 0 Å². The monoisotopic (exact) mass is 93.0 g/mol. The van der Waals surface area contributed by atoms with E-state index in [1.165, 1.54) is 0 Å². The van der Waals surface area contributed by atoms with Crippen LogP contribution in [0.15, 0.2) is 24.3 Å². The molecule has 0 aromatic rings. The molecular weight excluding hydrogens is 88.9 g/mol. The lowest BCUT2D eigenvalue weighted by molar-refractivity contribution is 0.272. The Hall–Kier alpha value is -0.695. The van der Waals surface area contributed by atoms with E-state index < -0.39 is 0 Å². The Bertz CT molecular complexity index is 127. The van der Waals surface area contributed by atoms with E-state index in [1.54, 1.807) is 4.97 Å². The molecule has 2 heterocycles. The Morgan fingerprint density at radius 2 is 2.43 bits per heavy atom. The second-order valence-electron chi connectivity index (χ2n) is 1.58. The van der Waals surface area contributed by atoms with Gasteiger partial charge in [0, 0.05) is 6.20 Å². The van der Waals surface area contributed by atoms with Gasteiger partial charge in [-0.25, -0.2) is 0 Å². The fourth-order valence-electron chi connectivity index (χ4n) is 0.631. The van der Waals surface area contributed by atoms with Gasteiger partial charge in [-0.2, -0.15) is 0 Å². The van der Waals surface area contributed by atoms with E-state index in [0.717, 1.165) is 0 Å². The maximum absolute atomic E-state index is 4.94. The summed E-state index contributed by atoms with van der Waals surface area (Å²) < 4.78 is 4.94. The van der Waals surface area contributed by atoms with Gasteiger partial charge in [-0.3, -0.25) is 4.97 Å². The Kier molecular flexibility index (Phi) is 0.440. The van der Waals surface area contributed by atoms with E-state index in [0.29, 0.717) is 0 Å². The quantitative estimate of drug-likeness (QED) is 0.317. The zero-order chi connectivity index (χ0) is 4.69. The molecule has 2 aliphatic heterocycles. The van der Waals surface area contributed by atoms with Crippen LogP contribution in [0.5, 0.6) is 0 Å². The first-order valence-electron chi connectivity index (χ1n) is 2.27. The molecule has 2 rings (SSSR count). The number of hydrogen-bond donors (Lipinski definition) is 0. The smallest absolute Gasteiger partial charge is 0.309 e. The largest absolute Gasteiger partial charge is 0.490 e. The van der Waals surface area contributed by atoms with Crippen LogP contribution in [0, 0.1) is 0 Å². The number of rotatable bonds is 0. The lowest BCUT2D eigenvalue weighted by atomic mass is 9.88. The minimum absolute atomic E-state index is 0.269. The molecule has 0 spiro atoms. The maximum atomic E-state index is 4.94. The highest BCUT2D eigenvalue weighted by molar-refractivity contribution is 6.61. The van der Waals surface area contributed by atoms with Crippen LogP contribution in [-0.2, 0) is 4.76 Å². The van der Waals surface area contributed by atoms with Crippen molar-refractivity contribution in [2.45, 2.75) is 0 Å². The summed E-state index contributed by atoms with van der Waals surface area (Å²) in [5.74, 6) is 2.00. The SMILES string of the molecule is C1=CB2ON2C=C1. The summed E-state index contributed by atoms with van der Waals surface area (Å²) in [7, 11) is 0.269. The molecule has 7 heavy (non-hydrogen) atoms. The third-order valence-corrected chi connectivity index (χ3v) is 1.05. The Morgan fingerprint density at radius 1 is 1.43 bits per heavy atom. The second-order valence-corrected chi connectivity index (χ2v) is 1.58. The Labute approximate surface area is 42.2 Å². The third-order valence-electron chi connectivity index (χ3n) is 1.05. The molecule has 0 aliphatic carbocycles. The van der Waals surface area contributed by atoms with Crippen LogP contribution in [0.2, 0.25) is 0 Å². The van der Waals surface area contributed by atoms with E-state index in [4.69, 9.17) is 4.76 Å². The molecule has 0 aromatic heterocycles. The second kappa shape index (κ2) is 0.926. The zero-order valence-corrected chi connectivity index (χ0v) is 3.74. The van der Waals surface area contributed by atoms with Crippen molar-refractivity contribution >= 4 is 7.05 Å². The summed E-state index contributed by atoms with van der Waals surface area (Å²) in [6, 6.07) is 0. The molecule has 1 fully saturated rings. The first-order chi connectivity index (χ1) is 3.47. The lowest BCUT2D eigenvalue weighted by Gasteiger charge is -1.85. The van der Waals surface area contributed by atoms with Crippen LogP contribution in [0.3, 0.4) is 0 Å². The van der Waals surface area contributed by atoms with E-state index in [-0.39, 0.29) is 7.05 Å². The molecule has 1 saturated heterocycles. The summed E-state index contributed by atoms with van der Waals surface area (Å²) in [4.78, 5) is 1.79. The van der Waals surface area contributed by atoms with Crippen LogP contribution >= 0.6 is 0 Å². The zero-order valence-electron chi connectivity index (χ0n) is 3.74. The summed E-state index contributed by atoms with van der Waals surface area (Å²) in [5, 5.41) is 0. The molecule has 2 nitrogen and oxygen atoms in total. The molecule has 0 atom stereocenters. The van der Waals surface area contributed by atoms with Crippen molar-refractivity contribution in [1.82, 2.24) is 4.97 Å². The molecule has 0 bridgehead atoms. The molecule has 0 amide bonds. The average molecular weight is 92.9 g/mol. The van der Waals surface area contributed by atoms with Gasteiger partial charge in [0.25, 0.3) is 0 Å². The van der Waals surface area contributed by atoms with Crippen LogP contribution in [0.4, 0.5) is 0 Å². The first kappa shape index (κ1) is 3.33. The summed E-state index contributed by atoms with van der Waals surface area (Å²) in [6.45, 7) is 0. The molecular formula is C4H4BNO. The van der Waals surface area contributed by atoms with Crippen molar-refractivity contribution in [2.24, 2.45) is 0 Å². The summed E-state index contributed by atoms with van der Waals surface area (Å²) in [6.07, 6.45) is 5.84. The normalized spacial score (nSPS) is 22.9. The molecule has 2 aliphatic rings. The standard InChI is InChI=1S/C4H4BNO/c1-2-4-6-5(3-1)7-6/h1-4H. The Balaban J connectivity index is 2.28. The molecule has 0 saturated carbocycles. The number of fused-ring (bicyclic) bond motifs is 1. The molecule has 34 valence electrons. The van der Waals surface area contributed by atoms with Gasteiger partial charge in [-0.15, -0.1) is 0 Å². The van der Waals surface area contributed by atoms with Crippen molar-refractivity contribution in [3.8, 4) is 0 Å². The highest BCUT2D eigenvalue weighted by Gasteiger charge is 2.39.